The van der Waals surface area contributed by atoms with Gasteiger partial charge in [-0.1, -0.05) is 12.1 Å². The van der Waals surface area contributed by atoms with Gasteiger partial charge in [0, 0.05) is 17.5 Å². The molecule has 1 aromatic carbocycles. The summed E-state index contributed by atoms with van der Waals surface area (Å²) in [6.45, 7) is 2.25. The molecule has 1 atom stereocenters. The van der Waals surface area contributed by atoms with Crippen molar-refractivity contribution < 1.29 is 9.90 Å². The summed E-state index contributed by atoms with van der Waals surface area (Å²) in [5.74, 6) is -0.0748. The predicted octanol–water partition coefficient (Wildman–Crippen LogP) is 1.17. The minimum Gasteiger partial charge on any atom is -0.389 e. The van der Waals surface area contributed by atoms with E-state index < -0.39 is 6.10 Å². The molecule has 1 aromatic rings. The quantitative estimate of drug-likeness (QED) is 0.713. The zero-order chi connectivity index (χ0) is 11.5. The Morgan fingerprint density at radius 2 is 2.31 bits per heavy atom. The van der Waals surface area contributed by atoms with Crippen molar-refractivity contribution in [3.05, 3.63) is 41.6 Å². The van der Waals surface area contributed by atoms with Crippen LogP contribution in [0.25, 0.3) is 0 Å². The number of carbonyl (C=O) groups excluding carboxylic acids is 1. The molecule has 1 heterocycles. The molecule has 0 fully saturated rings. The lowest BCUT2D eigenvalue weighted by Gasteiger charge is -2.10. The smallest absolute Gasteiger partial charge is 0.246 e. The summed E-state index contributed by atoms with van der Waals surface area (Å²) in [5.41, 5.74) is 2.57. The zero-order valence-corrected chi connectivity index (χ0v) is 9.03. The minimum absolute atomic E-state index is 0.0748. The number of benzene rings is 1. The lowest BCUT2D eigenvalue weighted by atomic mass is 10.1. The lowest BCUT2D eigenvalue weighted by molar-refractivity contribution is -0.115. The number of rotatable bonds is 3. The molecule has 1 aliphatic heterocycles. The summed E-state index contributed by atoms with van der Waals surface area (Å²) in [6, 6.07) is 7.50. The third-order valence-electron chi connectivity index (χ3n) is 2.43. The number of hydrogen-bond acceptors (Lipinski definition) is 3. The molecule has 3 N–H and O–H groups in total. The molecule has 1 aliphatic rings. The van der Waals surface area contributed by atoms with E-state index in [2.05, 4.69) is 10.6 Å². The van der Waals surface area contributed by atoms with Crippen LogP contribution in [-0.4, -0.2) is 17.6 Å². The van der Waals surface area contributed by atoms with Crippen LogP contribution >= 0.6 is 0 Å². The van der Waals surface area contributed by atoms with E-state index in [-0.39, 0.29) is 5.91 Å². The second kappa shape index (κ2) is 4.37. The van der Waals surface area contributed by atoms with Gasteiger partial charge in [-0.25, -0.2) is 0 Å². The molecule has 84 valence electrons. The van der Waals surface area contributed by atoms with Crippen molar-refractivity contribution >= 4 is 11.6 Å². The Labute approximate surface area is 94.0 Å². The van der Waals surface area contributed by atoms with Crippen molar-refractivity contribution in [2.75, 3.05) is 11.9 Å². The van der Waals surface area contributed by atoms with E-state index in [1.165, 1.54) is 6.08 Å². The molecule has 0 saturated heterocycles. The van der Waals surface area contributed by atoms with Gasteiger partial charge >= 0.3 is 0 Å². The van der Waals surface area contributed by atoms with Gasteiger partial charge in [-0.3, -0.25) is 4.79 Å². The molecule has 0 bridgehead atoms. The van der Waals surface area contributed by atoms with E-state index in [0.717, 1.165) is 16.9 Å². The summed E-state index contributed by atoms with van der Waals surface area (Å²) < 4.78 is 0. The van der Waals surface area contributed by atoms with Crippen molar-refractivity contribution in [2.24, 2.45) is 0 Å². The normalized spacial score (nSPS) is 16.6. The first-order chi connectivity index (χ1) is 7.65. The fourth-order valence-corrected chi connectivity index (χ4v) is 1.58. The van der Waals surface area contributed by atoms with Crippen molar-refractivity contribution in [1.82, 2.24) is 5.32 Å². The topological polar surface area (TPSA) is 61.4 Å². The highest BCUT2D eigenvalue weighted by atomic mass is 16.3. The Morgan fingerprint density at radius 1 is 1.50 bits per heavy atom. The molecular weight excluding hydrogens is 204 g/mol. The van der Waals surface area contributed by atoms with Crippen LogP contribution in [0.3, 0.4) is 0 Å². The summed E-state index contributed by atoms with van der Waals surface area (Å²) in [6.07, 6.45) is 1.05. The molecule has 4 heteroatoms. The van der Waals surface area contributed by atoms with E-state index in [0.29, 0.717) is 6.54 Å². The molecule has 0 unspecified atom stereocenters. The van der Waals surface area contributed by atoms with Gasteiger partial charge in [-0.2, -0.15) is 0 Å². The molecule has 2 rings (SSSR count). The second-order valence-electron chi connectivity index (χ2n) is 3.81. The fourth-order valence-electron chi connectivity index (χ4n) is 1.58. The molecule has 0 radical (unpaired) electrons. The molecule has 0 aromatic heterocycles. The number of amides is 1. The van der Waals surface area contributed by atoms with Crippen LogP contribution < -0.4 is 10.6 Å². The maximum absolute atomic E-state index is 11.0. The van der Waals surface area contributed by atoms with Crippen molar-refractivity contribution in [3.8, 4) is 0 Å². The number of carbonyl (C=O) groups is 1. The maximum atomic E-state index is 11.0. The zero-order valence-electron chi connectivity index (χ0n) is 9.03. The summed E-state index contributed by atoms with van der Waals surface area (Å²) >= 11 is 0. The predicted molar refractivity (Wildman–Crippen MR) is 61.8 cm³/mol. The van der Waals surface area contributed by atoms with Crippen molar-refractivity contribution in [1.29, 1.82) is 0 Å². The highest BCUT2D eigenvalue weighted by Crippen LogP contribution is 2.18. The van der Waals surface area contributed by atoms with Crippen LogP contribution in [-0.2, 0) is 4.79 Å². The first kappa shape index (κ1) is 10.7. The molecule has 1 amide bonds. The maximum Gasteiger partial charge on any atom is 0.246 e. The van der Waals surface area contributed by atoms with E-state index >= 15 is 0 Å². The van der Waals surface area contributed by atoms with E-state index in [1.54, 1.807) is 6.92 Å². The van der Waals surface area contributed by atoms with E-state index in [9.17, 15) is 9.90 Å². The first-order valence-corrected chi connectivity index (χ1v) is 5.18. The molecular formula is C12H14N2O2. The highest BCUT2D eigenvalue weighted by Gasteiger charge is 2.10. The van der Waals surface area contributed by atoms with Gasteiger partial charge in [0.15, 0.2) is 0 Å². The Kier molecular flexibility index (Phi) is 2.92. The van der Waals surface area contributed by atoms with Crippen LogP contribution in [0.15, 0.2) is 36.0 Å². The number of anilines is 1. The van der Waals surface area contributed by atoms with Gasteiger partial charge in [-0.05, 0) is 24.6 Å². The van der Waals surface area contributed by atoms with E-state index in [1.807, 2.05) is 24.3 Å². The summed E-state index contributed by atoms with van der Waals surface area (Å²) in [4.78, 5) is 11.0. The largest absolute Gasteiger partial charge is 0.389 e. The summed E-state index contributed by atoms with van der Waals surface area (Å²) in [7, 11) is 0. The van der Waals surface area contributed by atoms with Gasteiger partial charge in [0.25, 0.3) is 0 Å². The van der Waals surface area contributed by atoms with Gasteiger partial charge in [-0.15, -0.1) is 0 Å². The highest BCUT2D eigenvalue weighted by molar-refractivity contribution is 5.91. The van der Waals surface area contributed by atoms with Gasteiger partial charge in [0.05, 0.1) is 12.6 Å². The molecule has 0 saturated carbocycles. The van der Waals surface area contributed by atoms with Crippen molar-refractivity contribution in [3.63, 3.8) is 0 Å². The Morgan fingerprint density at radius 3 is 2.94 bits per heavy atom. The average molecular weight is 218 g/mol. The lowest BCUT2D eigenvalue weighted by Crippen LogP contribution is -2.16. The monoisotopic (exact) mass is 218 g/mol. The Balaban J connectivity index is 2.13. The van der Waals surface area contributed by atoms with Crippen LogP contribution in [0.5, 0.6) is 0 Å². The summed E-state index contributed by atoms with van der Waals surface area (Å²) in [5, 5.41) is 15.3. The van der Waals surface area contributed by atoms with Gasteiger partial charge in [0.2, 0.25) is 5.91 Å². The first-order valence-electron chi connectivity index (χ1n) is 5.18. The second-order valence-corrected chi connectivity index (χ2v) is 3.81. The average Bonchev–Trinajstić information content (AvgIpc) is 2.64. The molecule has 0 aliphatic carbocycles. The Bertz CT molecular complexity index is 438. The van der Waals surface area contributed by atoms with Crippen LogP contribution in [0, 0.1) is 0 Å². The number of nitrogens with one attached hydrogen (secondary N) is 2. The van der Waals surface area contributed by atoms with Gasteiger partial charge < -0.3 is 15.7 Å². The molecule has 4 nitrogen and oxygen atoms in total. The van der Waals surface area contributed by atoms with E-state index in [4.69, 9.17) is 0 Å². The molecule has 16 heavy (non-hydrogen) atoms. The third kappa shape index (κ3) is 2.41. The molecule has 0 spiro atoms. The number of aliphatic hydroxyl groups excluding tert-OH is 1. The Hall–Kier alpha value is -1.81. The third-order valence-corrected chi connectivity index (χ3v) is 2.43. The van der Waals surface area contributed by atoms with Crippen molar-refractivity contribution in [2.45, 2.75) is 13.0 Å². The van der Waals surface area contributed by atoms with Crippen LogP contribution in [0.2, 0.25) is 0 Å². The standard InChI is InChI=1S/C12H14N2O2/c1-8(15)9-3-2-4-10(5-9)14-11-6-12(16)13-7-11/h2-6,8,14-15H,7H2,1H3,(H,13,16)/t8-/m1/s1. The van der Waals surface area contributed by atoms with Crippen LogP contribution in [0.4, 0.5) is 5.69 Å². The minimum atomic E-state index is -0.487. The number of aliphatic hydroxyl groups is 1. The van der Waals surface area contributed by atoms with Crippen LogP contribution in [0.1, 0.15) is 18.6 Å². The number of hydrogen-bond donors (Lipinski definition) is 3. The fraction of sp³-hybridized carbons (Fsp3) is 0.250. The SMILES string of the molecule is C[C@@H](O)c1cccc(NC2=CC(=O)NC2)c1. The van der Waals surface area contributed by atoms with Gasteiger partial charge in [0.1, 0.15) is 0 Å².